The molecule has 0 spiro atoms. The van der Waals surface area contributed by atoms with Gasteiger partial charge in [-0.2, -0.15) is 0 Å². The van der Waals surface area contributed by atoms with E-state index in [1.54, 1.807) is 0 Å². The lowest BCUT2D eigenvalue weighted by atomic mass is 9.98. The zero-order chi connectivity index (χ0) is 17.7. The third kappa shape index (κ3) is 9.42. The Bertz CT molecular complexity index is 398. The summed E-state index contributed by atoms with van der Waals surface area (Å²) in [6.07, 6.45) is 0.630. The van der Waals surface area contributed by atoms with Gasteiger partial charge in [0.2, 0.25) is 11.9 Å². The van der Waals surface area contributed by atoms with Crippen molar-refractivity contribution in [3.8, 4) is 0 Å². The average molecular weight is 328 g/mol. The fraction of sp³-hybridized carbons (Fsp3) is 0.692. The summed E-state index contributed by atoms with van der Waals surface area (Å²) < 4.78 is 0. The zero-order valence-corrected chi connectivity index (χ0v) is 14.0. The summed E-state index contributed by atoms with van der Waals surface area (Å²) in [7, 11) is 0. The Morgan fingerprint density at radius 2 is 1.43 bits per heavy atom. The summed E-state index contributed by atoms with van der Waals surface area (Å²) in [4.78, 5) is 29.0. The average Bonchev–Trinajstić information content (AvgIpc) is 3.21. The number of Topliss-reactive ketones (excluding diaryl/α,β-unsaturated/α-hetero) is 2. The molecule has 2 aliphatic rings. The predicted octanol–water partition coefficient (Wildman–Crippen LogP) is -1.99. The number of guanidine groups is 2. The summed E-state index contributed by atoms with van der Waals surface area (Å²) in [5.74, 6) is 11.0. The molecule has 2 heterocycles. The maximum Gasteiger partial charge on any atom is 0.205 e. The van der Waals surface area contributed by atoms with Gasteiger partial charge in [-0.1, -0.05) is 6.92 Å². The third-order valence-electron chi connectivity index (χ3n) is 3.01. The van der Waals surface area contributed by atoms with Gasteiger partial charge < -0.3 is 10.6 Å². The minimum Gasteiger partial charge on any atom is -0.353 e. The number of nitrogens with one attached hydrogen (secondary N) is 4. The Morgan fingerprint density at radius 3 is 1.52 bits per heavy atom. The molecule has 0 aromatic carbocycles. The Morgan fingerprint density at radius 1 is 1.04 bits per heavy atom. The standard InChI is InChI=1S/C7H12O2.2C3H8N4/c1-4-7(5(2)8)6(3)9;2*4-7-3-5-1-2-6-3/h7H,4H2,1-3H3;2*1-2,4H2,(H2,5,6,7). The number of nitrogens with two attached hydrogens (primary N) is 2. The monoisotopic (exact) mass is 328 g/mol. The van der Waals surface area contributed by atoms with Crippen LogP contribution in [0, 0.1) is 5.92 Å². The number of hydrogen-bond donors (Lipinski definition) is 6. The lowest BCUT2D eigenvalue weighted by Crippen LogP contribution is -2.38. The first-order valence-corrected chi connectivity index (χ1v) is 7.47. The van der Waals surface area contributed by atoms with Gasteiger partial charge >= 0.3 is 0 Å². The summed E-state index contributed by atoms with van der Waals surface area (Å²) in [5.41, 5.74) is 4.81. The number of ketones is 2. The van der Waals surface area contributed by atoms with E-state index in [-0.39, 0.29) is 17.5 Å². The molecule has 0 unspecified atom stereocenters. The molecule has 0 atom stereocenters. The molecule has 0 aromatic heterocycles. The first-order valence-electron chi connectivity index (χ1n) is 7.47. The van der Waals surface area contributed by atoms with E-state index in [1.807, 2.05) is 6.92 Å². The van der Waals surface area contributed by atoms with Crippen LogP contribution in [0.4, 0.5) is 0 Å². The highest BCUT2D eigenvalue weighted by Crippen LogP contribution is 2.03. The van der Waals surface area contributed by atoms with Crippen molar-refractivity contribution in [3.63, 3.8) is 0 Å². The Hall–Kier alpha value is -2.20. The molecule has 0 saturated heterocycles. The van der Waals surface area contributed by atoms with Gasteiger partial charge in [-0.3, -0.25) is 30.4 Å². The van der Waals surface area contributed by atoms with Crippen molar-refractivity contribution in [2.45, 2.75) is 27.2 Å². The van der Waals surface area contributed by atoms with E-state index in [0.717, 1.165) is 26.2 Å². The highest BCUT2D eigenvalue weighted by Gasteiger charge is 2.15. The van der Waals surface area contributed by atoms with Crippen LogP contribution in [0.1, 0.15) is 27.2 Å². The molecule has 10 nitrogen and oxygen atoms in total. The van der Waals surface area contributed by atoms with Crippen LogP contribution in [0.15, 0.2) is 9.98 Å². The van der Waals surface area contributed by atoms with E-state index in [4.69, 9.17) is 11.7 Å². The van der Waals surface area contributed by atoms with Gasteiger partial charge in [0.1, 0.15) is 11.6 Å². The second-order valence-electron chi connectivity index (χ2n) is 4.79. The van der Waals surface area contributed by atoms with Gasteiger partial charge in [-0.05, 0) is 20.3 Å². The molecule has 0 aromatic rings. The molecular weight excluding hydrogens is 300 g/mol. The van der Waals surface area contributed by atoms with Gasteiger partial charge in [0, 0.05) is 13.1 Å². The number of hydrazine groups is 2. The number of carbonyl (C=O) groups excluding carboxylic acids is 2. The van der Waals surface area contributed by atoms with Crippen molar-refractivity contribution in [3.05, 3.63) is 0 Å². The molecule has 8 N–H and O–H groups in total. The quantitative estimate of drug-likeness (QED) is 0.197. The van der Waals surface area contributed by atoms with E-state index in [9.17, 15) is 9.59 Å². The van der Waals surface area contributed by atoms with Crippen molar-refractivity contribution < 1.29 is 9.59 Å². The fourth-order valence-corrected chi connectivity index (χ4v) is 1.85. The second-order valence-corrected chi connectivity index (χ2v) is 4.79. The molecule has 0 bridgehead atoms. The first-order chi connectivity index (χ1) is 11.0. The molecule has 10 heteroatoms. The number of carbonyl (C=O) groups is 2. The predicted molar refractivity (Wildman–Crippen MR) is 90.4 cm³/mol. The van der Waals surface area contributed by atoms with Crippen molar-refractivity contribution in [1.82, 2.24) is 21.5 Å². The minimum absolute atomic E-state index is 0.0231. The van der Waals surface area contributed by atoms with Crippen LogP contribution < -0.4 is 33.2 Å². The first kappa shape index (κ1) is 20.8. The lowest BCUT2D eigenvalue weighted by Gasteiger charge is -2.03. The maximum absolute atomic E-state index is 10.6. The van der Waals surface area contributed by atoms with Crippen LogP contribution in [-0.2, 0) is 9.59 Å². The molecule has 132 valence electrons. The Kier molecular flexibility index (Phi) is 11.2. The zero-order valence-electron chi connectivity index (χ0n) is 14.0. The molecule has 0 aliphatic carbocycles. The Balaban J connectivity index is 0.000000318. The van der Waals surface area contributed by atoms with E-state index >= 15 is 0 Å². The van der Waals surface area contributed by atoms with Crippen LogP contribution in [0.2, 0.25) is 0 Å². The molecular formula is C13H28N8O2. The molecule has 0 fully saturated rings. The number of rotatable bonds is 3. The Labute approximate surface area is 136 Å². The molecule has 0 amide bonds. The lowest BCUT2D eigenvalue weighted by molar-refractivity contribution is -0.130. The van der Waals surface area contributed by atoms with Crippen LogP contribution in [0.25, 0.3) is 0 Å². The summed E-state index contributed by atoms with van der Waals surface area (Å²) in [6, 6.07) is 0. The third-order valence-corrected chi connectivity index (χ3v) is 3.01. The summed E-state index contributed by atoms with van der Waals surface area (Å²) >= 11 is 0. The maximum atomic E-state index is 10.6. The van der Waals surface area contributed by atoms with E-state index in [2.05, 4.69) is 31.5 Å². The van der Waals surface area contributed by atoms with E-state index < -0.39 is 0 Å². The van der Waals surface area contributed by atoms with Crippen LogP contribution in [-0.4, -0.2) is 49.7 Å². The van der Waals surface area contributed by atoms with Gasteiger partial charge in [0.05, 0.1) is 19.0 Å². The van der Waals surface area contributed by atoms with Crippen molar-refractivity contribution >= 4 is 23.5 Å². The molecule has 0 radical (unpaired) electrons. The van der Waals surface area contributed by atoms with Crippen molar-refractivity contribution in [1.29, 1.82) is 0 Å². The van der Waals surface area contributed by atoms with Gasteiger partial charge in [-0.15, -0.1) is 0 Å². The molecule has 0 saturated carbocycles. The van der Waals surface area contributed by atoms with Gasteiger partial charge in [0.15, 0.2) is 0 Å². The van der Waals surface area contributed by atoms with Crippen LogP contribution >= 0.6 is 0 Å². The number of nitrogens with zero attached hydrogens (tertiary/aromatic N) is 2. The number of aliphatic imine (C=N–C) groups is 2. The second kappa shape index (κ2) is 12.4. The molecule has 23 heavy (non-hydrogen) atoms. The van der Waals surface area contributed by atoms with E-state index in [0.29, 0.717) is 18.3 Å². The van der Waals surface area contributed by atoms with E-state index in [1.165, 1.54) is 13.8 Å². The molecule has 2 rings (SSSR count). The van der Waals surface area contributed by atoms with Gasteiger partial charge in [0.25, 0.3) is 0 Å². The minimum atomic E-state index is -0.356. The smallest absolute Gasteiger partial charge is 0.205 e. The largest absolute Gasteiger partial charge is 0.353 e. The topological polar surface area (TPSA) is 159 Å². The van der Waals surface area contributed by atoms with Crippen molar-refractivity contribution in [2.75, 3.05) is 26.2 Å². The highest BCUT2D eigenvalue weighted by molar-refractivity contribution is 6.00. The van der Waals surface area contributed by atoms with Gasteiger partial charge in [-0.25, -0.2) is 11.7 Å². The van der Waals surface area contributed by atoms with Crippen LogP contribution in [0.3, 0.4) is 0 Å². The SMILES string of the molecule is CCC(C(C)=O)C(C)=O.NNC1=NCCN1.NNC1=NCCN1. The summed E-state index contributed by atoms with van der Waals surface area (Å²) in [6.45, 7) is 8.22. The van der Waals surface area contributed by atoms with Crippen molar-refractivity contribution in [2.24, 2.45) is 27.6 Å². The fourth-order valence-electron chi connectivity index (χ4n) is 1.85. The van der Waals surface area contributed by atoms with Crippen LogP contribution in [0.5, 0.6) is 0 Å². The molecule has 2 aliphatic heterocycles. The summed E-state index contributed by atoms with van der Waals surface area (Å²) in [5, 5.41) is 5.84. The number of hydrogen-bond acceptors (Lipinski definition) is 10. The highest BCUT2D eigenvalue weighted by atomic mass is 16.1. The normalized spacial score (nSPS) is 14.9.